The second-order valence-corrected chi connectivity index (χ2v) is 8.09. The van der Waals surface area contributed by atoms with E-state index < -0.39 is 5.60 Å². The molecule has 2 aliphatic rings. The molecule has 0 saturated carbocycles. The summed E-state index contributed by atoms with van der Waals surface area (Å²) < 4.78 is 5.42. The molecular formula is C21H26N2O4. The van der Waals surface area contributed by atoms with E-state index >= 15 is 0 Å². The lowest BCUT2D eigenvalue weighted by Crippen LogP contribution is -2.40. The van der Waals surface area contributed by atoms with Crippen molar-refractivity contribution in [1.29, 1.82) is 0 Å². The molecule has 0 aliphatic carbocycles. The summed E-state index contributed by atoms with van der Waals surface area (Å²) in [5.74, 6) is -0.469. The maximum absolute atomic E-state index is 12.5. The molecule has 2 aliphatic heterocycles. The molecule has 1 fully saturated rings. The highest BCUT2D eigenvalue weighted by molar-refractivity contribution is 6.21. The first-order valence-corrected chi connectivity index (χ1v) is 9.28. The number of ether oxygens (including phenoxy) is 1. The number of likely N-dealkylation sites (tertiary alicyclic amines) is 1. The fourth-order valence-electron chi connectivity index (χ4n) is 3.44. The van der Waals surface area contributed by atoms with Crippen molar-refractivity contribution >= 4 is 17.9 Å². The molecule has 0 radical (unpaired) electrons. The maximum atomic E-state index is 12.5. The predicted molar refractivity (Wildman–Crippen MR) is 102 cm³/mol. The smallest absolute Gasteiger partial charge is 0.410 e. The van der Waals surface area contributed by atoms with Crippen LogP contribution >= 0.6 is 0 Å². The molecule has 1 aromatic rings. The molecule has 0 aromatic heterocycles. The Morgan fingerprint density at radius 2 is 1.56 bits per heavy atom. The minimum absolute atomic E-state index is 0.234. The average Bonchev–Trinajstić information content (AvgIpc) is 2.86. The van der Waals surface area contributed by atoms with Crippen LogP contribution in [-0.2, 0) is 4.74 Å². The molecular weight excluding hydrogens is 344 g/mol. The lowest BCUT2D eigenvalue weighted by Gasteiger charge is -2.32. The number of carbonyl (C=O) groups is 3. The van der Waals surface area contributed by atoms with E-state index in [4.69, 9.17) is 4.74 Å². The highest BCUT2D eigenvalue weighted by Gasteiger charge is 2.35. The van der Waals surface area contributed by atoms with Gasteiger partial charge >= 0.3 is 6.09 Å². The van der Waals surface area contributed by atoms with Gasteiger partial charge in [0, 0.05) is 13.1 Å². The Labute approximate surface area is 159 Å². The van der Waals surface area contributed by atoms with Crippen LogP contribution in [0.5, 0.6) is 0 Å². The van der Waals surface area contributed by atoms with Gasteiger partial charge in [-0.3, -0.25) is 14.5 Å². The van der Waals surface area contributed by atoms with Crippen molar-refractivity contribution in [2.75, 3.05) is 19.6 Å². The second kappa shape index (κ2) is 7.18. The van der Waals surface area contributed by atoms with Gasteiger partial charge in [0.1, 0.15) is 5.60 Å². The molecule has 1 aromatic carbocycles. The molecule has 27 heavy (non-hydrogen) atoms. The van der Waals surface area contributed by atoms with E-state index in [0.29, 0.717) is 30.8 Å². The lowest BCUT2D eigenvalue weighted by molar-refractivity contribution is 0.0236. The molecule has 6 heteroatoms. The number of imide groups is 1. The van der Waals surface area contributed by atoms with Crippen LogP contribution in [0.3, 0.4) is 0 Å². The molecule has 0 N–H and O–H groups in total. The number of hydrogen-bond donors (Lipinski definition) is 0. The molecule has 0 unspecified atom stereocenters. The van der Waals surface area contributed by atoms with Gasteiger partial charge in [0.15, 0.2) is 0 Å². The minimum atomic E-state index is -0.505. The Bertz CT molecular complexity index is 775. The van der Waals surface area contributed by atoms with Gasteiger partial charge in [-0.1, -0.05) is 23.3 Å². The molecule has 1 saturated heterocycles. The van der Waals surface area contributed by atoms with Crippen molar-refractivity contribution in [3.05, 3.63) is 46.5 Å². The van der Waals surface area contributed by atoms with Gasteiger partial charge in [0.25, 0.3) is 11.8 Å². The van der Waals surface area contributed by atoms with Crippen molar-refractivity contribution in [3.8, 4) is 0 Å². The van der Waals surface area contributed by atoms with Gasteiger partial charge in [-0.2, -0.15) is 0 Å². The Balaban J connectivity index is 1.63. The topological polar surface area (TPSA) is 66.9 Å². The maximum Gasteiger partial charge on any atom is 0.410 e. The summed E-state index contributed by atoms with van der Waals surface area (Å²) in [7, 11) is 0. The fraction of sp³-hybridized carbons (Fsp3) is 0.476. The van der Waals surface area contributed by atoms with Crippen LogP contribution in [0.15, 0.2) is 35.4 Å². The monoisotopic (exact) mass is 370 g/mol. The van der Waals surface area contributed by atoms with Crippen LogP contribution in [0, 0.1) is 0 Å². The number of benzene rings is 1. The summed E-state index contributed by atoms with van der Waals surface area (Å²) in [5.41, 5.74) is 2.66. The SMILES string of the molecule is CC(CN1C(=O)c2ccccc2C1=O)=C1CCN(C(=O)OC(C)(C)C)CC1. The first-order chi connectivity index (χ1) is 12.7. The molecule has 0 atom stereocenters. The van der Waals surface area contributed by atoms with Gasteiger partial charge in [0.05, 0.1) is 17.7 Å². The van der Waals surface area contributed by atoms with Gasteiger partial charge in [-0.05, 0) is 52.7 Å². The third-order valence-electron chi connectivity index (χ3n) is 4.90. The summed E-state index contributed by atoms with van der Waals surface area (Å²) >= 11 is 0. The van der Waals surface area contributed by atoms with Gasteiger partial charge < -0.3 is 9.64 Å². The summed E-state index contributed by atoms with van der Waals surface area (Å²) in [4.78, 5) is 40.2. The van der Waals surface area contributed by atoms with Crippen LogP contribution in [-0.4, -0.2) is 52.9 Å². The number of amides is 3. The van der Waals surface area contributed by atoms with E-state index in [9.17, 15) is 14.4 Å². The van der Waals surface area contributed by atoms with Gasteiger partial charge in [0.2, 0.25) is 0 Å². The van der Waals surface area contributed by atoms with E-state index in [-0.39, 0.29) is 17.9 Å². The number of piperidine rings is 1. The largest absolute Gasteiger partial charge is 0.444 e. The molecule has 3 amide bonds. The van der Waals surface area contributed by atoms with E-state index in [2.05, 4.69) is 0 Å². The number of nitrogens with zero attached hydrogens (tertiary/aromatic N) is 2. The zero-order chi connectivity index (χ0) is 19.8. The van der Waals surface area contributed by atoms with Crippen molar-refractivity contribution in [2.24, 2.45) is 0 Å². The zero-order valence-electron chi connectivity index (χ0n) is 16.4. The Hall–Kier alpha value is -2.63. The van der Waals surface area contributed by atoms with Crippen LogP contribution in [0.2, 0.25) is 0 Å². The number of fused-ring (bicyclic) bond motifs is 1. The minimum Gasteiger partial charge on any atom is -0.444 e. The first kappa shape index (κ1) is 19.1. The highest BCUT2D eigenvalue weighted by atomic mass is 16.6. The van der Waals surface area contributed by atoms with E-state index in [1.165, 1.54) is 10.5 Å². The van der Waals surface area contributed by atoms with E-state index in [1.54, 1.807) is 29.2 Å². The van der Waals surface area contributed by atoms with Gasteiger partial charge in [-0.25, -0.2) is 4.79 Å². The van der Waals surface area contributed by atoms with Crippen molar-refractivity contribution in [1.82, 2.24) is 9.80 Å². The quantitative estimate of drug-likeness (QED) is 0.589. The number of hydrogen-bond acceptors (Lipinski definition) is 4. The zero-order valence-corrected chi connectivity index (χ0v) is 16.4. The average molecular weight is 370 g/mol. The predicted octanol–water partition coefficient (Wildman–Crippen LogP) is 3.63. The second-order valence-electron chi connectivity index (χ2n) is 8.09. The van der Waals surface area contributed by atoms with Gasteiger partial charge in [-0.15, -0.1) is 0 Å². The fourth-order valence-corrected chi connectivity index (χ4v) is 3.44. The van der Waals surface area contributed by atoms with E-state index in [1.807, 2.05) is 27.7 Å². The first-order valence-electron chi connectivity index (χ1n) is 9.28. The third-order valence-corrected chi connectivity index (χ3v) is 4.90. The normalized spacial score (nSPS) is 17.3. The molecule has 0 bridgehead atoms. The summed E-state index contributed by atoms with van der Waals surface area (Å²) in [5, 5.41) is 0. The molecule has 6 nitrogen and oxygen atoms in total. The molecule has 3 rings (SSSR count). The third kappa shape index (κ3) is 4.04. The van der Waals surface area contributed by atoms with E-state index in [0.717, 1.165) is 18.4 Å². The van der Waals surface area contributed by atoms with Crippen molar-refractivity contribution < 1.29 is 19.1 Å². The van der Waals surface area contributed by atoms with Crippen LogP contribution in [0.25, 0.3) is 0 Å². The Morgan fingerprint density at radius 1 is 1.04 bits per heavy atom. The summed E-state index contributed by atoms with van der Waals surface area (Å²) in [6.07, 6.45) is 1.17. The standard InChI is InChI=1S/C21H26N2O4/c1-14(13-23-18(24)16-7-5-6-8-17(16)19(23)25)15-9-11-22(12-10-15)20(26)27-21(2,3)4/h5-8H,9-13H2,1-4H3. The Kier molecular flexibility index (Phi) is 5.09. The molecule has 0 spiro atoms. The van der Waals surface area contributed by atoms with Crippen molar-refractivity contribution in [2.45, 2.75) is 46.1 Å². The summed E-state index contributed by atoms with van der Waals surface area (Å²) in [6.45, 7) is 8.99. The highest BCUT2D eigenvalue weighted by Crippen LogP contribution is 2.26. The number of rotatable bonds is 2. The van der Waals surface area contributed by atoms with Crippen LogP contribution < -0.4 is 0 Å². The molecule has 144 valence electrons. The van der Waals surface area contributed by atoms with Crippen LogP contribution in [0.1, 0.15) is 61.3 Å². The number of carbonyl (C=O) groups excluding carboxylic acids is 3. The lowest BCUT2D eigenvalue weighted by atomic mass is 9.98. The summed E-state index contributed by atoms with van der Waals surface area (Å²) in [6, 6.07) is 6.92. The van der Waals surface area contributed by atoms with Crippen LogP contribution in [0.4, 0.5) is 4.79 Å². The Morgan fingerprint density at radius 3 is 2.04 bits per heavy atom. The van der Waals surface area contributed by atoms with Crippen molar-refractivity contribution in [3.63, 3.8) is 0 Å². The molecule has 2 heterocycles.